The van der Waals surface area contributed by atoms with E-state index in [1.807, 2.05) is 0 Å². The van der Waals surface area contributed by atoms with Gasteiger partial charge in [0.2, 0.25) is 0 Å². The number of carboxylic acid groups (broad SMARTS) is 1. The fourth-order valence-electron chi connectivity index (χ4n) is 1.80. The maximum absolute atomic E-state index is 11.4. The van der Waals surface area contributed by atoms with Gasteiger partial charge in [0.25, 0.3) is 0 Å². The normalized spacial score (nSPS) is 10.3. The lowest BCUT2D eigenvalue weighted by Gasteiger charge is -2.07. The molecule has 0 unspecified atom stereocenters. The van der Waals surface area contributed by atoms with Crippen molar-refractivity contribution in [2.45, 2.75) is 0 Å². The summed E-state index contributed by atoms with van der Waals surface area (Å²) < 4.78 is 0. The van der Waals surface area contributed by atoms with Crippen LogP contribution in [-0.2, 0) is 4.89 Å². The Kier molecular flexibility index (Phi) is 2.86. The van der Waals surface area contributed by atoms with Gasteiger partial charge in [0.15, 0.2) is 0 Å². The van der Waals surface area contributed by atoms with Gasteiger partial charge in [0.05, 0.1) is 11.1 Å². The number of carboxylic acids is 1. The van der Waals surface area contributed by atoms with E-state index in [-0.39, 0.29) is 22.3 Å². The molecule has 0 heterocycles. The third-order valence-corrected chi connectivity index (χ3v) is 2.49. The van der Waals surface area contributed by atoms with Crippen molar-refractivity contribution >= 4 is 22.7 Å². The van der Waals surface area contributed by atoms with Crippen molar-refractivity contribution < 1.29 is 29.9 Å². The maximum atomic E-state index is 11.4. The fraction of sp³-hybridized carbons (Fsp3) is 0. The quantitative estimate of drug-likeness (QED) is 0.553. The third-order valence-electron chi connectivity index (χ3n) is 2.49. The molecular weight excluding hydrogens is 240 g/mol. The number of rotatable bonds is 2. The summed E-state index contributed by atoms with van der Waals surface area (Å²) >= 11 is 0. The second-order valence-electron chi connectivity index (χ2n) is 3.58. The highest BCUT2D eigenvalue weighted by molar-refractivity contribution is 6.13. The van der Waals surface area contributed by atoms with Gasteiger partial charge in [-0.3, -0.25) is 4.89 Å². The maximum Gasteiger partial charge on any atom is 0.373 e. The van der Waals surface area contributed by atoms with Gasteiger partial charge in [-0.2, -0.15) is 5.26 Å². The van der Waals surface area contributed by atoms with Crippen LogP contribution < -0.4 is 0 Å². The highest BCUT2D eigenvalue weighted by Crippen LogP contribution is 2.28. The molecule has 6 heteroatoms. The first-order valence-electron chi connectivity index (χ1n) is 4.89. The van der Waals surface area contributed by atoms with Gasteiger partial charge in [-0.05, 0) is 23.6 Å². The average Bonchev–Trinajstić information content (AvgIpc) is 2.35. The minimum absolute atomic E-state index is 0.0989. The summed E-state index contributed by atoms with van der Waals surface area (Å²) in [5, 5.41) is 27.3. The third kappa shape index (κ3) is 1.85. The molecule has 0 aromatic heterocycles. The average molecular weight is 248 g/mol. The van der Waals surface area contributed by atoms with Crippen molar-refractivity contribution in [3.05, 3.63) is 41.5 Å². The Labute approximate surface area is 101 Å². The van der Waals surface area contributed by atoms with Gasteiger partial charge < -0.3 is 10.2 Å². The molecular formula is C12H8O6. The molecule has 0 radical (unpaired) electrons. The Bertz CT molecular complexity index is 646. The Morgan fingerprint density at radius 3 is 2.44 bits per heavy atom. The van der Waals surface area contributed by atoms with Crippen molar-refractivity contribution in [1.82, 2.24) is 0 Å². The van der Waals surface area contributed by atoms with Gasteiger partial charge in [-0.1, -0.05) is 12.1 Å². The second kappa shape index (κ2) is 4.34. The van der Waals surface area contributed by atoms with E-state index in [0.717, 1.165) is 6.07 Å². The van der Waals surface area contributed by atoms with Gasteiger partial charge in [-0.25, -0.2) is 9.59 Å². The molecule has 6 nitrogen and oxygen atoms in total. The van der Waals surface area contributed by atoms with Gasteiger partial charge in [0.1, 0.15) is 5.75 Å². The van der Waals surface area contributed by atoms with Crippen LogP contribution >= 0.6 is 0 Å². The molecule has 0 fully saturated rings. The predicted octanol–water partition coefficient (Wildman–Crippen LogP) is 1.87. The van der Waals surface area contributed by atoms with E-state index in [0.29, 0.717) is 5.39 Å². The molecule has 0 aliphatic heterocycles. The van der Waals surface area contributed by atoms with E-state index < -0.39 is 11.9 Å². The van der Waals surface area contributed by atoms with Crippen LogP contribution in [0.25, 0.3) is 10.8 Å². The van der Waals surface area contributed by atoms with Crippen LogP contribution in [0.3, 0.4) is 0 Å². The Hall–Kier alpha value is -2.60. The standard InChI is InChI=1S/C12H8O6/c13-7-4-6-2-1-3-8(11(14)15)10(6)9(5-7)12(16)18-17/h1-5,13,17H,(H,14,15). The smallest absolute Gasteiger partial charge is 0.373 e. The van der Waals surface area contributed by atoms with Crippen molar-refractivity contribution in [2.24, 2.45) is 0 Å². The van der Waals surface area contributed by atoms with Crippen molar-refractivity contribution in [2.75, 3.05) is 0 Å². The molecule has 0 saturated heterocycles. The molecule has 0 bridgehead atoms. The number of aromatic hydroxyl groups is 1. The first kappa shape index (κ1) is 11.9. The van der Waals surface area contributed by atoms with Crippen LogP contribution in [0.2, 0.25) is 0 Å². The van der Waals surface area contributed by atoms with Gasteiger partial charge >= 0.3 is 11.9 Å². The molecule has 18 heavy (non-hydrogen) atoms. The molecule has 92 valence electrons. The molecule has 0 aliphatic carbocycles. The number of hydrogen-bond acceptors (Lipinski definition) is 5. The zero-order valence-electron chi connectivity index (χ0n) is 8.95. The summed E-state index contributed by atoms with van der Waals surface area (Å²) in [6.07, 6.45) is 0. The lowest BCUT2D eigenvalue weighted by Crippen LogP contribution is -2.06. The van der Waals surface area contributed by atoms with E-state index in [1.54, 1.807) is 0 Å². The number of phenols is 1. The number of benzene rings is 2. The molecule has 3 N–H and O–H groups in total. The molecule has 0 atom stereocenters. The summed E-state index contributed by atoms with van der Waals surface area (Å²) in [4.78, 5) is 26.1. The van der Waals surface area contributed by atoms with Gasteiger partial charge in [0, 0.05) is 5.39 Å². The van der Waals surface area contributed by atoms with Crippen LogP contribution in [0.1, 0.15) is 20.7 Å². The molecule has 0 aliphatic rings. The summed E-state index contributed by atoms with van der Waals surface area (Å²) in [5.41, 5.74) is -0.335. The molecule has 0 spiro atoms. The number of hydrogen-bond donors (Lipinski definition) is 3. The second-order valence-corrected chi connectivity index (χ2v) is 3.58. The summed E-state index contributed by atoms with van der Waals surface area (Å²) in [6.45, 7) is 0. The van der Waals surface area contributed by atoms with Crippen LogP contribution in [-0.4, -0.2) is 27.4 Å². The number of fused-ring (bicyclic) bond motifs is 1. The lowest BCUT2D eigenvalue weighted by molar-refractivity contribution is -0.182. The fourth-order valence-corrected chi connectivity index (χ4v) is 1.80. The van der Waals surface area contributed by atoms with Crippen molar-refractivity contribution in [1.29, 1.82) is 0 Å². The van der Waals surface area contributed by atoms with Crippen molar-refractivity contribution in [3.8, 4) is 5.75 Å². The van der Waals surface area contributed by atoms with E-state index >= 15 is 0 Å². The Morgan fingerprint density at radius 1 is 1.11 bits per heavy atom. The molecule has 2 aromatic carbocycles. The first-order chi connectivity index (χ1) is 8.54. The van der Waals surface area contributed by atoms with Crippen LogP contribution in [0.4, 0.5) is 0 Å². The van der Waals surface area contributed by atoms with Crippen molar-refractivity contribution in [3.63, 3.8) is 0 Å². The lowest BCUT2D eigenvalue weighted by atomic mass is 9.99. The Morgan fingerprint density at radius 2 is 1.83 bits per heavy atom. The van der Waals surface area contributed by atoms with Crippen LogP contribution in [0.15, 0.2) is 30.3 Å². The van der Waals surface area contributed by atoms with Crippen LogP contribution in [0, 0.1) is 0 Å². The zero-order valence-corrected chi connectivity index (χ0v) is 8.95. The minimum Gasteiger partial charge on any atom is -0.508 e. The zero-order chi connectivity index (χ0) is 13.3. The van der Waals surface area contributed by atoms with E-state index in [4.69, 9.17) is 10.4 Å². The molecule has 0 amide bonds. The first-order valence-corrected chi connectivity index (χ1v) is 4.89. The summed E-state index contributed by atoms with van der Waals surface area (Å²) in [6, 6.07) is 6.69. The van der Waals surface area contributed by atoms with Crippen LogP contribution in [0.5, 0.6) is 5.75 Å². The highest BCUT2D eigenvalue weighted by atomic mass is 17.1. The van der Waals surface area contributed by atoms with E-state index in [2.05, 4.69) is 4.89 Å². The molecule has 2 rings (SSSR count). The van der Waals surface area contributed by atoms with E-state index in [1.165, 1.54) is 24.3 Å². The topological polar surface area (TPSA) is 104 Å². The number of carbonyl (C=O) groups excluding carboxylic acids is 1. The number of carbonyl (C=O) groups is 2. The molecule has 0 saturated carbocycles. The summed E-state index contributed by atoms with van der Waals surface area (Å²) in [7, 11) is 0. The molecule has 2 aromatic rings. The summed E-state index contributed by atoms with van der Waals surface area (Å²) in [5.74, 6) is -2.59. The number of phenolic OH excluding ortho intramolecular Hbond substituents is 1. The number of aromatic carboxylic acids is 1. The minimum atomic E-state index is -1.22. The largest absolute Gasteiger partial charge is 0.508 e. The van der Waals surface area contributed by atoms with Gasteiger partial charge in [-0.15, -0.1) is 0 Å². The van der Waals surface area contributed by atoms with E-state index in [9.17, 15) is 14.7 Å². The Balaban J connectivity index is 2.90. The predicted molar refractivity (Wildman–Crippen MR) is 60.6 cm³/mol. The monoisotopic (exact) mass is 248 g/mol. The SMILES string of the molecule is O=C(O)c1cccc2cc(O)cc(C(=O)OO)c12. The highest BCUT2D eigenvalue weighted by Gasteiger charge is 2.18.